The number of aromatic nitrogens is 1. The summed E-state index contributed by atoms with van der Waals surface area (Å²) in [6.45, 7) is 0.526. The molecule has 2 atom stereocenters. The quantitative estimate of drug-likeness (QED) is 0.749. The van der Waals surface area contributed by atoms with Gasteiger partial charge in [-0.1, -0.05) is 11.6 Å². The maximum absolute atomic E-state index is 13.4. The highest BCUT2D eigenvalue weighted by Gasteiger charge is 2.33. The second-order valence-electron chi connectivity index (χ2n) is 3.64. The zero-order valence-electron chi connectivity index (χ0n) is 8.66. The van der Waals surface area contributed by atoms with Crippen molar-refractivity contribution in [3.63, 3.8) is 0 Å². The molecule has 1 aromatic heterocycles. The molecule has 0 aromatic carbocycles. The van der Waals surface area contributed by atoms with Crippen molar-refractivity contribution in [3.05, 3.63) is 23.1 Å². The van der Waals surface area contributed by atoms with Crippen molar-refractivity contribution in [2.24, 2.45) is 0 Å². The lowest BCUT2D eigenvalue weighted by Gasteiger charge is -2.16. The van der Waals surface area contributed by atoms with Crippen LogP contribution in [0.4, 0.5) is 14.6 Å². The van der Waals surface area contributed by atoms with E-state index in [1.165, 1.54) is 13.2 Å². The molecule has 1 aliphatic heterocycles. The number of rotatable bonds is 2. The summed E-state index contributed by atoms with van der Waals surface area (Å²) in [5.74, 6) is -0.362. The fourth-order valence-corrected chi connectivity index (χ4v) is 1.83. The first kappa shape index (κ1) is 11.5. The lowest BCUT2D eigenvalue weighted by Crippen LogP contribution is -2.23. The number of alkyl halides is 1. The van der Waals surface area contributed by atoms with E-state index < -0.39 is 18.2 Å². The number of methoxy groups -OCH3 is 1. The van der Waals surface area contributed by atoms with E-state index in [0.29, 0.717) is 12.4 Å². The van der Waals surface area contributed by atoms with Crippen LogP contribution < -0.4 is 4.90 Å². The molecule has 1 aliphatic rings. The molecule has 16 heavy (non-hydrogen) atoms. The zero-order chi connectivity index (χ0) is 11.7. The topological polar surface area (TPSA) is 25.4 Å². The molecule has 1 fully saturated rings. The lowest BCUT2D eigenvalue weighted by atomic mass is 10.3. The molecule has 0 amide bonds. The number of halogens is 3. The summed E-state index contributed by atoms with van der Waals surface area (Å²) in [6.07, 6.45) is -1.56. The van der Waals surface area contributed by atoms with Gasteiger partial charge in [-0.3, -0.25) is 0 Å². The Hall–Kier alpha value is -0.940. The molecule has 88 valence electrons. The molecule has 0 N–H and O–H groups in total. The van der Waals surface area contributed by atoms with Gasteiger partial charge in [0, 0.05) is 13.7 Å². The van der Waals surface area contributed by atoms with Crippen molar-refractivity contribution in [2.75, 3.05) is 25.1 Å². The Labute approximate surface area is 97.0 Å². The minimum atomic E-state index is -1.08. The molecule has 0 spiro atoms. The average molecular weight is 249 g/mol. The Morgan fingerprint density at radius 2 is 2.25 bits per heavy atom. The zero-order valence-corrected chi connectivity index (χ0v) is 9.42. The van der Waals surface area contributed by atoms with Crippen LogP contribution in [0.15, 0.2) is 12.1 Å². The number of anilines is 1. The maximum atomic E-state index is 13.4. The summed E-state index contributed by atoms with van der Waals surface area (Å²) in [5, 5.41) is -0.0389. The summed E-state index contributed by atoms with van der Waals surface area (Å²) >= 11 is 5.52. The number of hydrogen-bond donors (Lipinski definition) is 0. The van der Waals surface area contributed by atoms with E-state index in [0.717, 1.165) is 0 Å². The van der Waals surface area contributed by atoms with E-state index in [1.807, 2.05) is 0 Å². The molecular formula is C10H11ClF2N2O. The van der Waals surface area contributed by atoms with Gasteiger partial charge >= 0.3 is 0 Å². The van der Waals surface area contributed by atoms with Crippen molar-refractivity contribution in [3.8, 4) is 0 Å². The Balaban J connectivity index is 2.17. The number of ether oxygens (including phenoxy) is 1. The molecular weight excluding hydrogens is 238 g/mol. The summed E-state index contributed by atoms with van der Waals surface area (Å²) in [4.78, 5) is 5.30. The van der Waals surface area contributed by atoms with Crippen molar-refractivity contribution in [1.29, 1.82) is 0 Å². The van der Waals surface area contributed by atoms with Gasteiger partial charge in [-0.05, 0) is 12.1 Å². The number of hydrogen-bond acceptors (Lipinski definition) is 3. The average Bonchev–Trinajstić information content (AvgIpc) is 2.64. The highest BCUT2D eigenvalue weighted by Crippen LogP contribution is 2.24. The van der Waals surface area contributed by atoms with E-state index in [4.69, 9.17) is 16.3 Å². The highest BCUT2D eigenvalue weighted by atomic mass is 35.5. The SMILES string of the molecule is CO[C@H]1CN(c2ccc(Cl)c(F)n2)C[C@H]1F. The van der Waals surface area contributed by atoms with E-state index >= 15 is 0 Å². The van der Waals surface area contributed by atoms with Crippen LogP contribution >= 0.6 is 11.6 Å². The van der Waals surface area contributed by atoms with Gasteiger partial charge in [0.05, 0.1) is 11.6 Å². The van der Waals surface area contributed by atoms with Gasteiger partial charge in [-0.25, -0.2) is 9.37 Å². The van der Waals surface area contributed by atoms with Crippen molar-refractivity contribution in [2.45, 2.75) is 12.3 Å². The van der Waals surface area contributed by atoms with Crippen molar-refractivity contribution >= 4 is 17.4 Å². The van der Waals surface area contributed by atoms with Crippen LogP contribution in [0.2, 0.25) is 5.02 Å². The van der Waals surface area contributed by atoms with Crippen molar-refractivity contribution in [1.82, 2.24) is 4.98 Å². The van der Waals surface area contributed by atoms with Crippen LogP contribution in [0.25, 0.3) is 0 Å². The second-order valence-corrected chi connectivity index (χ2v) is 4.04. The van der Waals surface area contributed by atoms with Crippen LogP contribution in [0.5, 0.6) is 0 Å². The van der Waals surface area contributed by atoms with E-state index in [-0.39, 0.29) is 11.6 Å². The molecule has 0 unspecified atom stereocenters. The summed E-state index contributed by atoms with van der Waals surface area (Å²) in [6, 6.07) is 2.97. The monoisotopic (exact) mass is 248 g/mol. The Kier molecular flexibility index (Phi) is 3.25. The number of pyridine rings is 1. The third-order valence-electron chi connectivity index (χ3n) is 2.61. The standard InChI is InChI=1S/C10H11ClF2N2O/c1-16-8-5-15(4-7(8)12)9-3-2-6(11)10(13)14-9/h2-3,7-8H,4-5H2,1H3/t7-,8+/m1/s1. The lowest BCUT2D eigenvalue weighted by molar-refractivity contribution is 0.0650. The van der Waals surface area contributed by atoms with Crippen LogP contribution in [0.3, 0.4) is 0 Å². The molecule has 6 heteroatoms. The molecule has 2 rings (SSSR count). The normalized spacial score (nSPS) is 25.1. The summed E-state index contributed by atoms with van der Waals surface area (Å²) in [7, 11) is 1.45. The second kappa shape index (κ2) is 4.51. The summed E-state index contributed by atoms with van der Waals surface area (Å²) in [5.41, 5.74) is 0. The van der Waals surface area contributed by atoms with Crippen molar-refractivity contribution < 1.29 is 13.5 Å². The third-order valence-corrected chi connectivity index (χ3v) is 2.90. The van der Waals surface area contributed by atoms with Gasteiger partial charge in [0.15, 0.2) is 0 Å². The van der Waals surface area contributed by atoms with Gasteiger partial charge in [0.25, 0.3) is 0 Å². The molecule has 2 heterocycles. The summed E-state index contributed by atoms with van der Waals surface area (Å²) < 4.78 is 31.5. The number of nitrogens with zero attached hydrogens (tertiary/aromatic N) is 2. The van der Waals surface area contributed by atoms with Gasteiger partial charge in [0.2, 0.25) is 5.95 Å². The van der Waals surface area contributed by atoms with Crippen LogP contribution in [0.1, 0.15) is 0 Å². The first-order valence-corrected chi connectivity index (χ1v) is 5.23. The van der Waals surface area contributed by atoms with E-state index in [9.17, 15) is 8.78 Å². The fraction of sp³-hybridized carbons (Fsp3) is 0.500. The minimum Gasteiger partial charge on any atom is -0.377 e. The molecule has 0 bridgehead atoms. The predicted octanol–water partition coefficient (Wildman–Crippen LogP) is 2.05. The smallest absolute Gasteiger partial charge is 0.233 e. The van der Waals surface area contributed by atoms with Gasteiger partial charge < -0.3 is 9.64 Å². The predicted molar refractivity (Wildman–Crippen MR) is 57.1 cm³/mol. The third kappa shape index (κ3) is 2.10. The minimum absolute atomic E-state index is 0.0389. The Morgan fingerprint density at radius 3 is 2.81 bits per heavy atom. The van der Waals surface area contributed by atoms with Crippen LogP contribution in [-0.2, 0) is 4.74 Å². The molecule has 3 nitrogen and oxygen atoms in total. The Morgan fingerprint density at radius 1 is 1.50 bits per heavy atom. The molecule has 1 saturated heterocycles. The molecule has 0 saturated carbocycles. The van der Waals surface area contributed by atoms with E-state index in [1.54, 1.807) is 11.0 Å². The van der Waals surface area contributed by atoms with Crippen LogP contribution in [-0.4, -0.2) is 37.5 Å². The highest BCUT2D eigenvalue weighted by molar-refractivity contribution is 6.30. The largest absolute Gasteiger partial charge is 0.377 e. The van der Waals surface area contributed by atoms with Gasteiger partial charge in [-0.15, -0.1) is 0 Å². The fourth-order valence-electron chi connectivity index (χ4n) is 1.73. The van der Waals surface area contributed by atoms with Gasteiger partial charge in [-0.2, -0.15) is 4.39 Å². The van der Waals surface area contributed by atoms with Crippen LogP contribution in [0, 0.1) is 5.95 Å². The van der Waals surface area contributed by atoms with E-state index in [2.05, 4.69) is 4.98 Å². The molecule has 0 aliphatic carbocycles. The molecule has 1 aromatic rings. The molecule has 0 radical (unpaired) electrons. The Bertz CT molecular complexity index is 391. The first-order chi connectivity index (χ1) is 7.61. The first-order valence-electron chi connectivity index (χ1n) is 4.85. The van der Waals surface area contributed by atoms with Gasteiger partial charge in [0.1, 0.15) is 18.1 Å². The maximum Gasteiger partial charge on any atom is 0.233 e.